The van der Waals surface area contributed by atoms with E-state index >= 15 is 0 Å². The van der Waals surface area contributed by atoms with Gasteiger partial charge in [0.15, 0.2) is 8.32 Å². The molecule has 0 amide bonds. The SMILES string of the molecule is C=C1CC2C[Si](C(C)C)(C(C)C)OC(CCCC)C2=C1c1ccccc1. The highest BCUT2D eigenvalue weighted by Crippen LogP contribution is 2.55. The van der Waals surface area contributed by atoms with Gasteiger partial charge in [-0.2, -0.15) is 0 Å². The molecule has 1 fully saturated rings. The van der Waals surface area contributed by atoms with Gasteiger partial charge in [-0.25, -0.2) is 0 Å². The Hall–Kier alpha value is -1.12. The van der Waals surface area contributed by atoms with Crippen molar-refractivity contribution in [1.29, 1.82) is 0 Å². The summed E-state index contributed by atoms with van der Waals surface area (Å²) in [5.41, 5.74) is 7.01. The molecule has 1 aliphatic carbocycles. The number of rotatable bonds is 6. The third kappa shape index (κ3) is 3.38. The Balaban J connectivity index is 2.07. The van der Waals surface area contributed by atoms with E-state index in [4.69, 9.17) is 4.43 Å². The summed E-state index contributed by atoms with van der Waals surface area (Å²) < 4.78 is 7.15. The fraction of sp³-hybridized carbons (Fsp3) is 0.583. The van der Waals surface area contributed by atoms with Gasteiger partial charge < -0.3 is 4.43 Å². The average Bonchev–Trinajstić information content (AvgIpc) is 2.95. The zero-order valence-corrected chi connectivity index (χ0v) is 18.3. The first-order valence-corrected chi connectivity index (χ1v) is 12.8. The molecule has 0 radical (unpaired) electrons. The quantitative estimate of drug-likeness (QED) is 0.476. The minimum atomic E-state index is -1.77. The van der Waals surface area contributed by atoms with E-state index in [1.807, 2.05) is 0 Å². The zero-order chi connectivity index (χ0) is 18.9. The molecular weight excluding hydrogens is 332 g/mol. The lowest BCUT2D eigenvalue weighted by molar-refractivity contribution is 0.167. The van der Waals surface area contributed by atoms with Crippen molar-refractivity contribution in [3.63, 3.8) is 0 Å². The first-order valence-electron chi connectivity index (χ1n) is 10.6. The lowest BCUT2D eigenvalue weighted by atomic mass is 9.91. The second kappa shape index (κ2) is 7.86. The summed E-state index contributed by atoms with van der Waals surface area (Å²) >= 11 is 0. The maximum atomic E-state index is 7.15. The number of benzene rings is 1. The molecule has 3 rings (SSSR count). The van der Waals surface area contributed by atoms with Gasteiger partial charge in [-0.15, -0.1) is 0 Å². The number of hydrogen-bond donors (Lipinski definition) is 0. The van der Waals surface area contributed by atoms with Crippen LogP contribution in [-0.4, -0.2) is 14.4 Å². The van der Waals surface area contributed by atoms with E-state index in [1.165, 1.54) is 42.0 Å². The van der Waals surface area contributed by atoms with Crippen molar-refractivity contribution in [1.82, 2.24) is 0 Å². The monoisotopic (exact) mass is 368 g/mol. The van der Waals surface area contributed by atoms with Gasteiger partial charge in [0.05, 0.1) is 6.10 Å². The lowest BCUT2D eigenvalue weighted by Crippen LogP contribution is -2.53. The highest BCUT2D eigenvalue weighted by Gasteiger charge is 2.52. The van der Waals surface area contributed by atoms with Crippen LogP contribution in [0.4, 0.5) is 0 Å². The molecule has 1 nitrogen and oxygen atoms in total. The number of unbranched alkanes of at least 4 members (excludes halogenated alkanes) is 1. The molecule has 2 atom stereocenters. The van der Waals surface area contributed by atoms with Crippen molar-refractivity contribution in [3.8, 4) is 0 Å². The number of fused-ring (bicyclic) bond motifs is 1. The van der Waals surface area contributed by atoms with E-state index in [9.17, 15) is 0 Å². The smallest absolute Gasteiger partial charge is 0.199 e. The highest BCUT2D eigenvalue weighted by atomic mass is 28.4. The molecule has 0 N–H and O–H groups in total. The molecule has 1 aliphatic heterocycles. The summed E-state index contributed by atoms with van der Waals surface area (Å²) in [7, 11) is -1.77. The van der Waals surface area contributed by atoms with Crippen LogP contribution in [-0.2, 0) is 4.43 Å². The van der Waals surface area contributed by atoms with Crippen LogP contribution < -0.4 is 0 Å². The van der Waals surface area contributed by atoms with Crippen LogP contribution >= 0.6 is 0 Å². The summed E-state index contributed by atoms with van der Waals surface area (Å²) in [5, 5.41) is 0. The topological polar surface area (TPSA) is 9.23 Å². The molecular formula is C24H36OSi. The highest BCUT2D eigenvalue weighted by molar-refractivity contribution is 6.76. The third-order valence-corrected chi connectivity index (χ3v) is 12.4. The Morgan fingerprint density at radius 3 is 2.35 bits per heavy atom. The Bertz CT molecular complexity index is 663. The third-order valence-electron chi connectivity index (χ3n) is 6.69. The molecule has 1 heterocycles. The van der Waals surface area contributed by atoms with Crippen LogP contribution in [0.3, 0.4) is 0 Å². The van der Waals surface area contributed by atoms with E-state index in [1.54, 1.807) is 5.57 Å². The molecule has 2 aliphatic rings. The number of hydrogen-bond acceptors (Lipinski definition) is 1. The van der Waals surface area contributed by atoms with Crippen molar-refractivity contribution >= 4 is 13.9 Å². The zero-order valence-electron chi connectivity index (χ0n) is 17.3. The lowest BCUT2D eigenvalue weighted by Gasteiger charge is -2.48. The molecule has 26 heavy (non-hydrogen) atoms. The Kier molecular flexibility index (Phi) is 5.93. The second-order valence-corrected chi connectivity index (χ2v) is 13.8. The van der Waals surface area contributed by atoms with Gasteiger partial charge in [0.1, 0.15) is 0 Å². The van der Waals surface area contributed by atoms with E-state index < -0.39 is 8.32 Å². The molecule has 1 saturated heterocycles. The average molecular weight is 369 g/mol. The van der Waals surface area contributed by atoms with Gasteiger partial charge in [-0.3, -0.25) is 0 Å². The Morgan fingerprint density at radius 1 is 1.12 bits per heavy atom. The molecule has 2 heteroatoms. The summed E-state index contributed by atoms with van der Waals surface area (Å²) in [6.07, 6.45) is 5.09. The fourth-order valence-electron chi connectivity index (χ4n) is 5.28. The second-order valence-electron chi connectivity index (χ2n) is 8.92. The molecule has 142 valence electrons. The molecule has 1 aromatic carbocycles. The van der Waals surface area contributed by atoms with Crippen molar-refractivity contribution in [2.24, 2.45) is 5.92 Å². The van der Waals surface area contributed by atoms with Gasteiger partial charge in [0, 0.05) is 0 Å². The van der Waals surface area contributed by atoms with Crippen LogP contribution in [0, 0.1) is 5.92 Å². The van der Waals surface area contributed by atoms with Crippen LogP contribution in [0.15, 0.2) is 48.1 Å². The van der Waals surface area contributed by atoms with Crippen LogP contribution in [0.2, 0.25) is 17.1 Å². The predicted molar refractivity (Wildman–Crippen MR) is 116 cm³/mol. The minimum absolute atomic E-state index is 0.305. The molecule has 0 aromatic heterocycles. The summed E-state index contributed by atoms with van der Waals surface area (Å²) in [6.45, 7) is 16.4. The maximum absolute atomic E-state index is 7.15. The van der Waals surface area contributed by atoms with E-state index in [0.717, 1.165) is 6.42 Å². The molecule has 0 bridgehead atoms. The molecule has 1 aromatic rings. The van der Waals surface area contributed by atoms with Crippen molar-refractivity contribution in [3.05, 3.63) is 53.6 Å². The molecule has 0 saturated carbocycles. The summed E-state index contributed by atoms with van der Waals surface area (Å²) in [5.74, 6) is 0.657. The van der Waals surface area contributed by atoms with Gasteiger partial charge in [-0.05, 0) is 58.2 Å². The van der Waals surface area contributed by atoms with Gasteiger partial charge in [-0.1, -0.05) is 84.4 Å². The van der Waals surface area contributed by atoms with Crippen molar-refractivity contribution in [2.45, 2.75) is 83.5 Å². The van der Waals surface area contributed by atoms with Gasteiger partial charge >= 0.3 is 0 Å². The first-order chi connectivity index (χ1) is 12.4. The summed E-state index contributed by atoms with van der Waals surface area (Å²) in [6, 6.07) is 12.2. The van der Waals surface area contributed by atoms with Gasteiger partial charge in [0.25, 0.3) is 0 Å². The Morgan fingerprint density at radius 2 is 1.77 bits per heavy atom. The molecule has 0 spiro atoms. The minimum Gasteiger partial charge on any atom is -0.410 e. The number of allylic oxidation sites excluding steroid dienone is 2. The predicted octanol–water partition coefficient (Wildman–Crippen LogP) is 7.37. The van der Waals surface area contributed by atoms with E-state index in [2.05, 4.69) is 71.5 Å². The maximum Gasteiger partial charge on any atom is 0.199 e. The van der Waals surface area contributed by atoms with E-state index in [0.29, 0.717) is 23.1 Å². The van der Waals surface area contributed by atoms with Crippen molar-refractivity contribution < 1.29 is 4.43 Å². The normalized spacial score (nSPS) is 25.3. The summed E-state index contributed by atoms with van der Waals surface area (Å²) in [4.78, 5) is 0. The van der Waals surface area contributed by atoms with Crippen LogP contribution in [0.25, 0.3) is 5.57 Å². The van der Waals surface area contributed by atoms with Crippen LogP contribution in [0.5, 0.6) is 0 Å². The first kappa shape index (κ1) is 19.6. The van der Waals surface area contributed by atoms with Crippen LogP contribution in [0.1, 0.15) is 65.9 Å². The largest absolute Gasteiger partial charge is 0.410 e. The van der Waals surface area contributed by atoms with Gasteiger partial charge in [0.2, 0.25) is 0 Å². The molecule has 2 unspecified atom stereocenters. The fourth-order valence-corrected chi connectivity index (χ4v) is 10.1. The van der Waals surface area contributed by atoms with E-state index in [-0.39, 0.29) is 0 Å². The van der Waals surface area contributed by atoms with Crippen molar-refractivity contribution in [2.75, 3.05) is 0 Å². The Labute approximate surface area is 161 Å². The standard InChI is InChI=1S/C24H36OSi/c1-7-8-14-22-24-21(16-26(25-22,17(2)3)18(4)5)15-19(6)23(24)20-12-10-9-11-13-20/h9-13,17-18,21-22H,6-8,14-16H2,1-5H3.